The van der Waals surface area contributed by atoms with Crippen molar-refractivity contribution in [2.45, 2.75) is 18.4 Å². The highest BCUT2D eigenvalue weighted by atomic mass is 32.2. The van der Waals surface area contributed by atoms with Crippen molar-refractivity contribution in [1.29, 1.82) is 0 Å². The summed E-state index contributed by atoms with van der Waals surface area (Å²) in [5.74, 6) is 0.0703. The summed E-state index contributed by atoms with van der Waals surface area (Å²) in [6, 6.07) is 0. The third kappa shape index (κ3) is 2.13. The van der Waals surface area contributed by atoms with Crippen LogP contribution >= 0.6 is 0 Å². The maximum Gasteiger partial charge on any atom is 0.150 e. The fraction of sp³-hybridized carbons (Fsp3) is 1.00. The second-order valence-electron chi connectivity index (χ2n) is 3.15. The van der Waals surface area contributed by atoms with Gasteiger partial charge in [-0.05, 0) is 12.8 Å². The van der Waals surface area contributed by atoms with Crippen LogP contribution in [-0.4, -0.2) is 32.1 Å². The number of sulfone groups is 1. The van der Waals surface area contributed by atoms with Gasteiger partial charge in [-0.2, -0.15) is 0 Å². The van der Waals surface area contributed by atoms with Crippen LogP contribution in [0.4, 0.5) is 4.39 Å². The van der Waals surface area contributed by atoms with Gasteiger partial charge in [-0.3, -0.25) is 0 Å². The topological polar surface area (TPSA) is 60.2 Å². The summed E-state index contributed by atoms with van der Waals surface area (Å²) in [6.07, 6.45) is 0.512. The van der Waals surface area contributed by atoms with Crippen LogP contribution in [0, 0.1) is 0 Å². The first-order chi connectivity index (χ1) is 4.97. The molecule has 0 radical (unpaired) electrons. The zero-order valence-corrected chi connectivity index (χ0v) is 7.03. The molecular formula is C6H12FNO2S. The molecule has 2 N–H and O–H groups in total. The molecule has 1 aliphatic heterocycles. The van der Waals surface area contributed by atoms with E-state index in [1.807, 2.05) is 0 Å². The normalized spacial score (nSPS) is 28.2. The summed E-state index contributed by atoms with van der Waals surface area (Å²) in [5.41, 5.74) is 4.67. The number of nitrogens with two attached hydrogens (primary N) is 1. The highest BCUT2D eigenvalue weighted by Gasteiger charge is 2.33. The second-order valence-corrected chi connectivity index (χ2v) is 5.45. The monoisotopic (exact) mass is 181 g/mol. The summed E-state index contributed by atoms with van der Waals surface area (Å²) in [7, 11) is -2.91. The first kappa shape index (κ1) is 8.93. The smallest absolute Gasteiger partial charge is 0.150 e. The molecule has 0 aromatic carbocycles. The fourth-order valence-electron chi connectivity index (χ4n) is 1.08. The molecule has 1 saturated heterocycles. The predicted octanol–water partition coefficient (Wildman–Crippen LogP) is -0.138. The molecule has 5 heteroatoms. The largest absolute Gasteiger partial charge is 0.323 e. The van der Waals surface area contributed by atoms with E-state index in [-0.39, 0.29) is 24.3 Å². The number of halogens is 1. The molecule has 1 rings (SSSR count). The molecular weight excluding hydrogens is 169 g/mol. The molecule has 1 aliphatic rings. The molecule has 0 spiro atoms. The average Bonchev–Trinajstić information content (AvgIpc) is 1.97. The van der Waals surface area contributed by atoms with Crippen molar-refractivity contribution in [2.75, 3.05) is 18.2 Å². The summed E-state index contributed by atoms with van der Waals surface area (Å²) in [6.45, 7) is -0.622. The first-order valence-corrected chi connectivity index (χ1v) is 5.35. The quantitative estimate of drug-likeness (QED) is 0.612. The average molecular weight is 181 g/mol. The Morgan fingerprint density at radius 2 is 1.82 bits per heavy atom. The van der Waals surface area contributed by atoms with Gasteiger partial charge in [-0.15, -0.1) is 0 Å². The van der Waals surface area contributed by atoms with E-state index in [1.165, 1.54) is 0 Å². The van der Waals surface area contributed by atoms with Crippen LogP contribution in [0.1, 0.15) is 12.8 Å². The van der Waals surface area contributed by atoms with Gasteiger partial charge in [0.1, 0.15) is 16.5 Å². The Labute approximate surface area is 65.7 Å². The number of alkyl halides is 1. The minimum atomic E-state index is -2.91. The Balaban J connectivity index is 2.62. The van der Waals surface area contributed by atoms with E-state index in [9.17, 15) is 12.8 Å². The van der Waals surface area contributed by atoms with Crippen LogP contribution in [0.2, 0.25) is 0 Å². The molecule has 1 heterocycles. The summed E-state index contributed by atoms with van der Waals surface area (Å²) in [4.78, 5) is 0. The molecule has 0 aromatic heterocycles. The molecule has 0 atom stereocenters. The third-order valence-corrected chi connectivity index (χ3v) is 3.74. The summed E-state index contributed by atoms with van der Waals surface area (Å²) in [5, 5.41) is 0. The third-order valence-electron chi connectivity index (χ3n) is 2.09. The van der Waals surface area contributed by atoms with Crippen LogP contribution in [0.5, 0.6) is 0 Å². The first-order valence-electron chi connectivity index (χ1n) is 3.53. The Hall–Kier alpha value is -0.160. The highest BCUT2D eigenvalue weighted by Crippen LogP contribution is 2.21. The second kappa shape index (κ2) is 2.71. The molecule has 0 bridgehead atoms. The van der Waals surface area contributed by atoms with Crippen molar-refractivity contribution < 1.29 is 12.8 Å². The molecule has 3 nitrogen and oxygen atoms in total. The van der Waals surface area contributed by atoms with Crippen LogP contribution in [-0.2, 0) is 9.84 Å². The zero-order valence-electron chi connectivity index (χ0n) is 6.22. The molecule has 0 aromatic rings. The van der Waals surface area contributed by atoms with Crippen molar-refractivity contribution in [1.82, 2.24) is 0 Å². The Bertz CT molecular complexity index is 223. The van der Waals surface area contributed by atoms with Crippen molar-refractivity contribution in [3.8, 4) is 0 Å². The fourth-order valence-corrected chi connectivity index (χ4v) is 2.72. The van der Waals surface area contributed by atoms with E-state index < -0.39 is 22.1 Å². The van der Waals surface area contributed by atoms with E-state index in [4.69, 9.17) is 5.73 Å². The van der Waals surface area contributed by atoms with Gasteiger partial charge < -0.3 is 5.73 Å². The molecule has 0 aliphatic carbocycles. The minimum Gasteiger partial charge on any atom is -0.323 e. The number of hydrogen-bond acceptors (Lipinski definition) is 3. The molecule has 1 fully saturated rings. The van der Waals surface area contributed by atoms with Crippen LogP contribution < -0.4 is 5.73 Å². The maximum absolute atomic E-state index is 12.2. The summed E-state index contributed by atoms with van der Waals surface area (Å²) < 4.78 is 33.9. The van der Waals surface area contributed by atoms with Crippen molar-refractivity contribution in [3.05, 3.63) is 0 Å². The van der Waals surface area contributed by atoms with Gasteiger partial charge in [0.05, 0.1) is 11.5 Å². The van der Waals surface area contributed by atoms with E-state index >= 15 is 0 Å². The van der Waals surface area contributed by atoms with Gasteiger partial charge in [0, 0.05) is 5.54 Å². The number of rotatable bonds is 1. The highest BCUT2D eigenvalue weighted by molar-refractivity contribution is 7.91. The van der Waals surface area contributed by atoms with Crippen molar-refractivity contribution in [2.24, 2.45) is 5.73 Å². The van der Waals surface area contributed by atoms with Crippen LogP contribution in [0.15, 0.2) is 0 Å². The SMILES string of the molecule is NC1(CF)CCS(=O)(=O)CC1. The van der Waals surface area contributed by atoms with Gasteiger partial charge in [0.25, 0.3) is 0 Å². The van der Waals surface area contributed by atoms with Gasteiger partial charge >= 0.3 is 0 Å². The van der Waals surface area contributed by atoms with E-state index in [0.717, 1.165) is 0 Å². The van der Waals surface area contributed by atoms with Gasteiger partial charge in [-0.1, -0.05) is 0 Å². The van der Waals surface area contributed by atoms with Gasteiger partial charge in [-0.25, -0.2) is 12.8 Å². The lowest BCUT2D eigenvalue weighted by Gasteiger charge is -2.29. The predicted molar refractivity (Wildman–Crippen MR) is 40.8 cm³/mol. The molecule has 0 amide bonds. The molecule has 0 unspecified atom stereocenters. The molecule has 11 heavy (non-hydrogen) atoms. The Morgan fingerprint density at radius 1 is 1.36 bits per heavy atom. The van der Waals surface area contributed by atoms with Crippen LogP contribution in [0.3, 0.4) is 0 Å². The number of hydrogen-bond donors (Lipinski definition) is 1. The lowest BCUT2D eigenvalue weighted by atomic mass is 9.96. The Morgan fingerprint density at radius 3 is 2.18 bits per heavy atom. The summed E-state index contributed by atoms with van der Waals surface area (Å²) >= 11 is 0. The van der Waals surface area contributed by atoms with Gasteiger partial charge in [0.15, 0.2) is 0 Å². The van der Waals surface area contributed by atoms with E-state index in [1.54, 1.807) is 0 Å². The van der Waals surface area contributed by atoms with E-state index in [0.29, 0.717) is 0 Å². The van der Waals surface area contributed by atoms with Gasteiger partial charge in [0.2, 0.25) is 0 Å². The molecule has 0 saturated carbocycles. The van der Waals surface area contributed by atoms with Crippen molar-refractivity contribution >= 4 is 9.84 Å². The van der Waals surface area contributed by atoms with Crippen LogP contribution in [0.25, 0.3) is 0 Å². The standard InChI is InChI=1S/C6H12FNO2S/c7-5-6(8)1-3-11(9,10)4-2-6/h1-5,8H2. The minimum absolute atomic E-state index is 0.0351. The van der Waals surface area contributed by atoms with E-state index in [2.05, 4.69) is 0 Å². The Kier molecular flexibility index (Phi) is 2.20. The lowest BCUT2D eigenvalue weighted by molar-refractivity contribution is 0.283. The van der Waals surface area contributed by atoms with Crippen molar-refractivity contribution in [3.63, 3.8) is 0 Å². The lowest BCUT2D eigenvalue weighted by Crippen LogP contribution is -2.48. The zero-order chi connectivity index (χ0) is 8.54. The maximum atomic E-state index is 12.2. The molecule has 66 valence electrons.